The van der Waals surface area contributed by atoms with Crippen LogP contribution in [0.25, 0.3) is 0 Å². The third-order valence-electron chi connectivity index (χ3n) is 7.36. The standard InChI is InChI=1S/C32H37N3O3/c1-2-11-25-22-24(16-17-30(25)38-21-10-20-34-18-8-3-9-19-34)23-31(36)35-28-14-6-4-12-26(28)32(37)33-27-13-5-7-15-29(27)35/h4-7,12-17,22H,2-3,8-11,18-21,23H2,1H3,(H,33,37). The van der Waals surface area contributed by atoms with Gasteiger partial charge in [-0.05, 0) is 80.2 Å². The zero-order chi connectivity index (χ0) is 26.3. The van der Waals surface area contributed by atoms with Crippen LogP contribution in [0.2, 0.25) is 0 Å². The number of ether oxygens (including phenoxy) is 1. The normalized spacial score (nSPS) is 15.3. The van der Waals surface area contributed by atoms with E-state index in [1.807, 2.05) is 54.6 Å². The Morgan fingerprint density at radius 3 is 2.53 bits per heavy atom. The minimum absolute atomic E-state index is 0.0842. The van der Waals surface area contributed by atoms with Gasteiger partial charge >= 0.3 is 0 Å². The maximum atomic E-state index is 13.8. The molecule has 1 saturated heterocycles. The second-order valence-corrected chi connectivity index (χ2v) is 10.2. The van der Waals surface area contributed by atoms with Crippen molar-refractivity contribution < 1.29 is 14.3 Å². The van der Waals surface area contributed by atoms with Crippen molar-refractivity contribution >= 4 is 28.9 Å². The number of amides is 2. The predicted molar refractivity (Wildman–Crippen MR) is 153 cm³/mol. The summed E-state index contributed by atoms with van der Waals surface area (Å²) in [5, 5.41) is 2.95. The van der Waals surface area contributed by atoms with Crippen LogP contribution in [0.1, 0.15) is 60.5 Å². The van der Waals surface area contributed by atoms with Gasteiger partial charge in [0.2, 0.25) is 5.91 Å². The number of hydrogen-bond donors (Lipinski definition) is 1. The Hall–Kier alpha value is -3.64. The lowest BCUT2D eigenvalue weighted by Crippen LogP contribution is -2.31. The SMILES string of the molecule is CCCc1cc(CC(=O)N2c3ccccc3NC(=O)c3ccccc32)ccc1OCCCN1CCCCC1. The highest BCUT2D eigenvalue weighted by molar-refractivity contribution is 6.17. The second kappa shape index (κ2) is 12.3. The molecule has 3 aromatic carbocycles. The Morgan fingerprint density at radius 2 is 1.71 bits per heavy atom. The van der Waals surface area contributed by atoms with E-state index in [1.165, 1.54) is 32.4 Å². The van der Waals surface area contributed by atoms with Crippen molar-refractivity contribution in [1.82, 2.24) is 4.90 Å². The van der Waals surface area contributed by atoms with E-state index >= 15 is 0 Å². The molecular formula is C32H37N3O3. The maximum absolute atomic E-state index is 13.8. The average molecular weight is 512 g/mol. The molecule has 0 unspecified atom stereocenters. The van der Waals surface area contributed by atoms with E-state index in [0.717, 1.165) is 42.7 Å². The van der Waals surface area contributed by atoms with Crippen molar-refractivity contribution in [3.8, 4) is 5.75 Å². The molecule has 2 aliphatic heterocycles. The summed E-state index contributed by atoms with van der Waals surface area (Å²) in [6.07, 6.45) is 7.12. The van der Waals surface area contributed by atoms with Gasteiger partial charge in [-0.25, -0.2) is 0 Å². The van der Waals surface area contributed by atoms with Crippen molar-refractivity contribution in [1.29, 1.82) is 0 Å². The Kier molecular flexibility index (Phi) is 8.39. The lowest BCUT2D eigenvalue weighted by molar-refractivity contribution is -0.117. The third kappa shape index (κ3) is 5.91. The smallest absolute Gasteiger partial charge is 0.257 e. The fourth-order valence-corrected chi connectivity index (χ4v) is 5.48. The molecule has 1 fully saturated rings. The van der Waals surface area contributed by atoms with Gasteiger partial charge in [0.15, 0.2) is 0 Å². The minimum atomic E-state index is -0.213. The topological polar surface area (TPSA) is 61.9 Å². The monoisotopic (exact) mass is 511 g/mol. The Bertz CT molecular complexity index is 1280. The van der Waals surface area contributed by atoms with E-state index in [9.17, 15) is 9.59 Å². The quantitative estimate of drug-likeness (QED) is 0.339. The van der Waals surface area contributed by atoms with Crippen LogP contribution >= 0.6 is 0 Å². The molecule has 2 heterocycles. The zero-order valence-electron chi connectivity index (χ0n) is 22.2. The number of aryl methyl sites for hydroxylation is 1. The van der Waals surface area contributed by atoms with Crippen LogP contribution in [0.4, 0.5) is 17.1 Å². The van der Waals surface area contributed by atoms with Crippen molar-refractivity contribution in [2.45, 2.75) is 51.9 Å². The number of rotatable bonds is 9. The fourth-order valence-electron chi connectivity index (χ4n) is 5.48. The van der Waals surface area contributed by atoms with Gasteiger partial charge in [0, 0.05) is 6.54 Å². The summed E-state index contributed by atoms with van der Waals surface area (Å²) in [6, 6.07) is 20.8. The molecule has 38 heavy (non-hydrogen) atoms. The lowest BCUT2D eigenvalue weighted by atomic mass is 10.0. The number of carbonyl (C=O) groups excluding carboxylic acids is 2. The number of hydrogen-bond acceptors (Lipinski definition) is 4. The molecule has 2 amide bonds. The summed E-state index contributed by atoms with van der Waals surface area (Å²) in [5.41, 5.74) is 4.47. The molecule has 0 aromatic heterocycles. The van der Waals surface area contributed by atoms with E-state index in [4.69, 9.17) is 4.74 Å². The average Bonchev–Trinajstić information content (AvgIpc) is 3.06. The molecule has 0 saturated carbocycles. The number of piperidine rings is 1. The van der Waals surface area contributed by atoms with Gasteiger partial charge in [0.25, 0.3) is 5.91 Å². The predicted octanol–water partition coefficient (Wildman–Crippen LogP) is 6.37. The van der Waals surface area contributed by atoms with Crippen molar-refractivity contribution in [3.63, 3.8) is 0 Å². The molecular weight excluding hydrogens is 474 g/mol. The summed E-state index contributed by atoms with van der Waals surface area (Å²) >= 11 is 0. The number of nitrogens with zero attached hydrogens (tertiary/aromatic N) is 2. The van der Waals surface area contributed by atoms with Crippen LogP contribution in [0.5, 0.6) is 5.75 Å². The maximum Gasteiger partial charge on any atom is 0.257 e. The van der Waals surface area contributed by atoms with Gasteiger partial charge in [-0.15, -0.1) is 0 Å². The number of benzene rings is 3. The summed E-state index contributed by atoms with van der Waals surface area (Å²) in [5.74, 6) is 0.622. The minimum Gasteiger partial charge on any atom is -0.493 e. The molecule has 0 aliphatic carbocycles. The second-order valence-electron chi connectivity index (χ2n) is 10.2. The molecule has 2 aliphatic rings. The number of fused-ring (bicyclic) bond motifs is 2. The van der Waals surface area contributed by atoms with Crippen LogP contribution in [0.3, 0.4) is 0 Å². The summed E-state index contributed by atoms with van der Waals surface area (Å²) < 4.78 is 6.21. The van der Waals surface area contributed by atoms with Gasteiger partial charge in [0.1, 0.15) is 5.75 Å². The molecule has 0 atom stereocenters. The number of para-hydroxylation sites is 3. The highest BCUT2D eigenvalue weighted by Gasteiger charge is 2.29. The van der Waals surface area contributed by atoms with Crippen LogP contribution in [0, 0.1) is 0 Å². The van der Waals surface area contributed by atoms with Crippen molar-refractivity contribution in [3.05, 3.63) is 83.4 Å². The summed E-state index contributed by atoms with van der Waals surface area (Å²) in [6.45, 7) is 6.37. The number of nitrogens with one attached hydrogen (secondary N) is 1. The van der Waals surface area contributed by atoms with Gasteiger partial charge in [-0.2, -0.15) is 0 Å². The fraction of sp³-hybridized carbons (Fsp3) is 0.375. The van der Waals surface area contributed by atoms with E-state index in [-0.39, 0.29) is 18.2 Å². The first kappa shape index (κ1) is 26.0. The van der Waals surface area contributed by atoms with E-state index in [2.05, 4.69) is 23.2 Å². The third-order valence-corrected chi connectivity index (χ3v) is 7.36. The highest BCUT2D eigenvalue weighted by atomic mass is 16.5. The Labute approximate surface area is 225 Å². The summed E-state index contributed by atoms with van der Waals surface area (Å²) in [7, 11) is 0. The van der Waals surface area contributed by atoms with E-state index < -0.39 is 0 Å². The van der Waals surface area contributed by atoms with E-state index in [0.29, 0.717) is 29.2 Å². The van der Waals surface area contributed by atoms with Crippen molar-refractivity contribution in [2.75, 3.05) is 36.5 Å². The first-order valence-corrected chi connectivity index (χ1v) is 13.9. The molecule has 0 spiro atoms. The van der Waals surface area contributed by atoms with Crippen LogP contribution in [0.15, 0.2) is 66.7 Å². The number of carbonyl (C=O) groups is 2. The molecule has 6 heteroatoms. The molecule has 198 valence electrons. The molecule has 0 radical (unpaired) electrons. The molecule has 6 nitrogen and oxygen atoms in total. The van der Waals surface area contributed by atoms with Crippen LogP contribution in [-0.2, 0) is 17.6 Å². The molecule has 5 rings (SSSR count). The van der Waals surface area contributed by atoms with Crippen molar-refractivity contribution in [2.24, 2.45) is 0 Å². The number of anilines is 3. The van der Waals surface area contributed by atoms with Gasteiger partial charge in [-0.3, -0.25) is 14.5 Å². The zero-order valence-corrected chi connectivity index (χ0v) is 22.2. The van der Waals surface area contributed by atoms with Gasteiger partial charge < -0.3 is 15.0 Å². The Balaban J connectivity index is 1.32. The van der Waals surface area contributed by atoms with E-state index in [1.54, 1.807) is 11.0 Å². The first-order chi connectivity index (χ1) is 18.6. The van der Waals surface area contributed by atoms with Crippen LogP contribution < -0.4 is 15.0 Å². The first-order valence-electron chi connectivity index (χ1n) is 13.9. The largest absolute Gasteiger partial charge is 0.493 e. The van der Waals surface area contributed by atoms with Gasteiger partial charge in [-0.1, -0.05) is 56.2 Å². The highest BCUT2D eigenvalue weighted by Crippen LogP contribution is 2.38. The van der Waals surface area contributed by atoms with Gasteiger partial charge in [0.05, 0.1) is 35.7 Å². The Morgan fingerprint density at radius 1 is 0.947 bits per heavy atom. The molecule has 1 N–H and O–H groups in total. The lowest BCUT2D eigenvalue weighted by Gasteiger charge is -2.26. The molecule has 3 aromatic rings. The summed E-state index contributed by atoms with van der Waals surface area (Å²) in [4.78, 5) is 30.9. The molecule has 0 bridgehead atoms. The van der Waals surface area contributed by atoms with Crippen LogP contribution in [-0.4, -0.2) is 43.0 Å². The number of likely N-dealkylation sites (tertiary alicyclic amines) is 1.